The van der Waals surface area contributed by atoms with Crippen LogP contribution in [-0.2, 0) is 0 Å². The van der Waals surface area contributed by atoms with Crippen LogP contribution < -0.4 is 0 Å². The van der Waals surface area contributed by atoms with Crippen molar-refractivity contribution in [1.29, 1.82) is 0 Å². The lowest BCUT2D eigenvalue weighted by Crippen LogP contribution is -1.74. The summed E-state index contributed by atoms with van der Waals surface area (Å²) in [7, 11) is 0. The van der Waals surface area contributed by atoms with E-state index in [1.165, 1.54) is 0 Å². The van der Waals surface area contributed by atoms with Crippen LogP contribution in [0.2, 0.25) is 0 Å². The minimum absolute atomic E-state index is 0.668. The molecule has 0 aromatic heterocycles. The molecule has 0 unspecified atom stereocenters. The highest BCUT2D eigenvalue weighted by atomic mass is 16.4. The second-order valence-corrected chi connectivity index (χ2v) is 3.55. The minimum Gasteiger partial charge on any atom is -0.185 e. The molecule has 1 aromatic rings. The monoisotopic (exact) mass is 208 g/mol. The summed E-state index contributed by atoms with van der Waals surface area (Å²) < 4.78 is 5.70. The van der Waals surface area contributed by atoms with Crippen molar-refractivity contribution in [2.24, 2.45) is 0 Å². The zero-order valence-corrected chi connectivity index (χ0v) is 8.63. The molecule has 0 radical (unpaired) electrons. The predicted octanol–water partition coefficient (Wildman–Crippen LogP) is 3.73. The molecule has 0 saturated heterocycles. The van der Waals surface area contributed by atoms with Gasteiger partial charge in [0.05, 0.1) is 0 Å². The first-order valence-electron chi connectivity index (χ1n) is 5.18. The van der Waals surface area contributed by atoms with Gasteiger partial charge in [0, 0.05) is 6.07 Å². The summed E-state index contributed by atoms with van der Waals surface area (Å²) in [5, 5.41) is 0. The van der Waals surface area contributed by atoms with Crippen molar-refractivity contribution in [1.82, 2.24) is 4.98 Å². The number of hydrogen-bond acceptors (Lipinski definition) is 1. The first-order valence-corrected chi connectivity index (χ1v) is 5.18. The molecule has 76 valence electrons. The maximum absolute atomic E-state index is 5.70. The topological polar surface area (TPSA) is 24.2 Å². The molecule has 0 spiro atoms. The van der Waals surface area contributed by atoms with Gasteiger partial charge in [0.1, 0.15) is 5.56 Å². The average molecular weight is 208 g/mol. The molecule has 1 aliphatic heterocycles. The molecule has 1 aliphatic carbocycles. The number of aromatic nitrogens is 1. The molecule has 0 atom stereocenters. The highest BCUT2D eigenvalue weighted by Gasteiger charge is 2.24. The van der Waals surface area contributed by atoms with Crippen molar-refractivity contribution in [3.05, 3.63) is 60.7 Å². The van der Waals surface area contributed by atoms with Gasteiger partial charge in [-0.1, -0.05) is 36.4 Å². The Morgan fingerprint density at radius 2 is 1.44 bits per heavy atom. The van der Waals surface area contributed by atoms with E-state index in [4.69, 9.17) is 4.42 Å². The zero-order valence-electron chi connectivity index (χ0n) is 8.63. The largest absolute Gasteiger partial charge is 0.461 e. The van der Waals surface area contributed by atoms with E-state index in [1.807, 2.05) is 60.7 Å². The van der Waals surface area contributed by atoms with Crippen LogP contribution in [-0.4, -0.2) is 4.98 Å². The smallest absolute Gasteiger partial charge is 0.185 e. The van der Waals surface area contributed by atoms with Gasteiger partial charge in [0.2, 0.25) is 0 Å². The van der Waals surface area contributed by atoms with Crippen LogP contribution in [0.3, 0.4) is 0 Å². The normalized spacial score (nSPS) is 10.5. The van der Waals surface area contributed by atoms with Crippen molar-refractivity contribution in [3.8, 4) is 22.9 Å². The first-order chi connectivity index (χ1) is 7.93. The van der Waals surface area contributed by atoms with E-state index in [0.29, 0.717) is 5.89 Å². The fraction of sp³-hybridized carbons (Fsp3) is 0. The van der Waals surface area contributed by atoms with Crippen molar-refractivity contribution >= 4 is 0 Å². The van der Waals surface area contributed by atoms with Gasteiger partial charge in [0.15, 0.2) is 5.69 Å². The Labute approximate surface area is 93.5 Å². The molecule has 0 amide bonds. The Balaban J connectivity index is 2.18. The molecule has 0 N–H and O–H groups in total. The van der Waals surface area contributed by atoms with Crippen LogP contribution in [0.25, 0.3) is 22.9 Å². The van der Waals surface area contributed by atoms with Gasteiger partial charge in [-0.3, -0.25) is 0 Å². The van der Waals surface area contributed by atoms with Gasteiger partial charge in [-0.2, -0.15) is 4.42 Å². The second kappa shape index (κ2) is 3.74. The third-order valence-electron chi connectivity index (χ3n) is 2.43. The number of oxazole rings is 1. The fourth-order valence-corrected chi connectivity index (χ4v) is 1.64. The van der Waals surface area contributed by atoms with Crippen molar-refractivity contribution in [3.63, 3.8) is 0 Å². The molecule has 16 heavy (non-hydrogen) atoms. The van der Waals surface area contributed by atoms with Gasteiger partial charge < -0.3 is 0 Å². The predicted molar refractivity (Wildman–Crippen MR) is 63.0 cm³/mol. The van der Waals surface area contributed by atoms with E-state index < -0.39 is 0 Å². The third-order valence-corrected chi connectivity index (χ3v) is 2.43. The maximum Gasteiger partial charge on any atom is 0.461 e. The Kier molecular flexibility index (Phi) is 2.11. The summed E-state index contributed by atoms with van der Waals surface area (Å²) in [6.45, 7) is 0. The fourth-order valence-electron chi connectivity index (χ4n) is 1.64. The van der Waals surface area contributed by atoms with E-state index in [1.54, 1.807) is 0 Å². The molecule has 1 heterocycles. The number of hydrogen-bond donors (Lipinski definition) is 0. The average Bonchev–Trinajstić information content (AvgIpc) is 2.62. The number of rotatable bonds is 1. The van der Waals surface area contributed by atoms with Gasteiger partial charge in [-0.15, -0.1) is 4.98 Å². The zero-order chi connectivity index (χ0) is 10.8. The van der Waals surface area contributed by atoms with Crippen LogP contribution >= 0.6 is 0 Å². The molecular formula is C14H10NO+. The summed E-state index contributed by atoms with van der Waals surface area (Å²) in [4.78, 5) is 4.46. The van der Waals surface area contributed by atoms with Crippen molar-refractivity contribution < 1.29 is 4.42 Å². The second-order valence-electron chi connectivity index (χ2n) is 3.55. The standard InChI is InChI=1S/C14H10NO/c1-3-7-11(8-4-1)14-15-12-9-5-2-6-10-13(12)16-14/h1-10H/q+1. The van der Waals surface area contributed by atoms with Gasteiger partial charge in [-0.25, -0.2) is 0 Å². The number of fused-ring (bicyclic) bond motifs is 1. The van der Waals surface area contributed by atoms with Crippen LogP contribution in [0.5, 0.6) is 0 Å². The van der Waals surface area contributed by atoms with Gasteiger partial charge in [0.25, 0.3) is 0 Å². The lowest BCUT2D eigenvalue weighted by atomic mass is 10.2. The molecule has 0 bridgehead atoms. The molecule has 2 heteroatoms. The molecule has 1 aromatic carbocycles. The maximum atomic E-state index is 5.70. The lowest BCUT2D eigenvalue weighted by Gasteiger charge is -1.83. The number of nitrogens with zero attached hydrogens (tertiary/aromatic N) is 1. The van der Waals surface area contributed by atoms with Crippen molar-refractivity contribution in [2.75, 3.05) is 0 Å². The van der Waals surface area contributed by atoms with Crippen molar-refractivity contribution in [2.45, 2.75) is 0 Å². The molecule has 0 saturated carbocycles. The highest BCUT2D eigenvalue weighted by molar-refractivity contribution is 5.61. The third kappa shape index (κ3) is 1.54. The van der Waals surface area contributed by atoms with E-state index in [-0.39, 0.29) is 0 Å². The molecule has 3 rings (SSSR count). The van der Waals surface area contributed by atoms with Crippen LogP contribution in [0.15, 0.2) is 65.1 Å². The Bertz CT molecular complexity index is 547. The Morgan fingerprint density at radius 3 is 2.25 bits per heavy atom. The SMILES string of the molecule is c1ccc(-c2nc3cccccc-3[o+]2)cc1. The summed E-state index contributed by atoms with van der Waals surface area (Å²) in [6.07, 6.45) is 0. The molecule has 2 nitrogen and oxygen atoms in total. The van der Waals surface area contributed by atoms with E-state index in [9.17, 15) is 0 Å². The Morgan fingerprint density at radius 1 is 0.750 bits per heavy atom. The van der Waals surface area contributed by atoms with Crippen LogP contribution in [0.1, 0.15) is 0 Å². The number of benzene rings is 1. The first kappa shape index (κ1) is 9.04. The Hall–Kier alpha value is -2.22. The van der Waals surface area contributed by atoms with Gasteiger partial charge in [-0.05, 0) is 18.2 Å². The summed E-state index contributed by atoms with van der Waals surface area (Å²) in [5.74, 6) is 1.48. The minimum atomic E-state index is 0.668. The van der Waals surface area contributed by atoms with Gasteiger partial charge >= 0.3 is 11.7 Å². The van der Waals surface area contributed by atoms with Crippen LogP contribution in [0, 0.1) is 0 Å². The van der Waals surface area contributed by atoms with E-state index in [2.05, 4.69) is 4.98 Å². The molecule has 0 fully saturated rings. The quantitative estimate of drug-likeness (QED) is 0.569. The highest BCUT2D eigenvalue weighted by Crippen LogP contribution is 2.27. The summed E-state index contributed by atoms with van der Waals surface area (Å²) in [5.41, 5.74) is 1.88. The molecule has 2 aliphatic rings. The van der Waals surface area contributed by atoms with Crippen LogP contribution in [0.4, 0.5) is 0 Å². The lowest BCUT2D eigenvalue weighted by molar-refractivity contribution is 0.591. The summed E-state index contributed by atoms with van der Waals surface area (Å²) >= 11 is 0. The summed E-state index contributed by atoms with van der Waals surface area (Å²) in [6, 6.07) is 19.7. The van der Waals surface area contributed by atoms with E-state index in [0.717, 1.165) is 17.0 Å². The molecular weight excluding hydrogens is 198 g/mol. The van der Waals surface area contributed by atoms with E-state index >= 15 is 0 Å².